The van der Waals surface area contributed by atoms with E-state index in [1.807, 2.05) is 11.0 Å². The second kappa shape index (κ2) is 10.9. The van der Waals surface area contributed by atoms with Crippen molar-refractivity contribution in [2.45, 2.75) is 31.8 Å². The Balaban J connectivity index is 1.98. The van der Waals surface area contributed by atoms with Crippen LogP contribution in [0.1, 0.15) is 18.1 Å². The lowest BCUT2D eigenvalue weighted by molar-refractivity contribution is 0.174. The van der Waals surface area contributed by atoms with Gasteiger partial charge in [0.1, 0.15) is 0 Å². The van der Waals surface area contributed by atoms with Gasteiger partial charge in [-0.1, -0.05) is 36.4 Å². The van der Waals surface area contributed by atoms with Crippen molar-refractivity contribution in [1.29, 1.82) is 0 Å². The first kappa shape index (κ1) is 21.2. The van der Waals surface area contributed by atoms with Gasteiger partial charge in [0, 0.05) is 25.2 Å². The molecular weight excluding hydrogens is 354 g/mol. The summed E-state index contributed by atoms with van der Waals surface area (Å²) >= 11 is 1.69. The van der Waals surface area contributed by atoms with Crippen molar-refractivity contribution in [2.24, 2.45) is 0 Å². The van der Waals surface area contributed by atoms with Crippen LogP contribution in [0.5, 0.6) is 0 Å². The van der Waals surface area contributed by atoms with Gasteiger partial charge < -0.3 is 15.1 Å². The van der Waals surface area contributed by atoms with Gasteiger partial charge in [-0.25, -0.2) is 4.79 Å². The van der Waals surface area contributed by atoms with Crippen LogP contribution in [-0.4, -0.2) is 55.1 Å². The van der Waals surface area contributed by atoms with Crippen LogP contribution in [0.4, 0.5) is 4.79 Å². The maximum atomic E-state index is 12.8. The van der Waals surface area contributed by atoms with Gasteiger partial charge in [0.25, 0.3) is 0 Å². The van der Waals surface area contributed by atoms with E-state index in [1.165, 1.54) is 11.1 Å². The molecule has 0 fully saturated rings. The lowest BCUT2D eigenvalue weighted by atomic mass is 10.0. The molecule has 2 atom stereocenters. The maximum Gasteiger partial charge on any atom is 0.317 e. The van der Waals surface area contributed by atoms with Crippen LogP contribution < -0.4 is 5.32 Å². The first-order chi connectivity index (χ1) is 13.0. The Kier molecular flexibility index (Phi) is 8.55. The minimum atomic E-state index is -0.0301. The number of hydrogen-bond donors (Lipinski definition) is 1. The fraction of sp³-hybridized carbons (Fsp3) is 0.409. The van der Waals surface area contributed by atoms with E-state index in [0.29, 0.717) is 13.1 Å². The van der Waals surface area contributed by atoms with Crippen molar-refractivity contribution in [3.8, 4) is 0 Å². The molecule has 4 nitrogen and oxygen atoms in total. The van der Waals surface area contributed by atoms with Crippen molar-refractivity contribution in [3.05, 3.63) is 70.9 Å². The SMILES string of the molecule is C=CCN(CC(Cc1ccccc1)N(C)C)C(=O)N[C@H](C)Cc1ccsc1. The normalized spacial score (nSPS) is 13.2. The number of hydrogen-bond acceptors (Lipinski definition) is 3. The van der Waals surface area contributed by atoms with E-state index in [-0.39, 0.29) is 18.1 Å². The quantitative estimate of drug-likeness (QED) is 0.626. The molecule has 0 aliphatic rings. The molecule has 0 radical (unpaired) electrons. The lowest BCUT2D eigenvalue weighted by Gasteiger charge is -2.32. The number of amides is 2. The van der Waals surface area contributed by atoms with Gasteiger partial charge in [-0.2, -0.15) is 11.3 Å². The molecule has 0 aliphatic carbocycles. The number of benzene rings is 1. The molecule has 146 valence electrons. The molecule has 2 aromatic rings. The van der Waals surface area contributed by atoms with Gasteiger partial charge in [0.2, 0.25) is 0 Å². The van der Waals surface area contributed by atoms with Crippen LogP contribution in [0.15, 0.2) is 59.8 Å². The van der Waals surface area contributed by atoms with Gasteiger partial charge in [-0.3, -0.25) is 0 Å². The van der Waals surface area contributed by atoms with E-state index in [1.54, 1.807) is 17.4 Å². The summed E-state index contributed by atoms with van der Waals surface area (Å²) < 4.78 is 0. The number of nitrogens with zero attached hydrogens (tertiary/aromatic N) is 2. The van der Waals surface area contributed by atoms with E-state index in [4.69, 9.17) is 0 Å². The van der Waals surface area contributed by atoms with E-state index >= 15 is 0 Å². The Morgan fingerprint density at radius 3 is 2.52 bits per heavy atom. The summed E-state index contributed by atoms with van der Waals surface area (Å²) in [7, 11) is 4.13. The Morgan fingerprint density at radius 2 is 1.93 bits per heavy atom. The van der Waals surface area contributed by atoms with Gasteiger partial charge in [0.05, 0.1) is 0 Å². The molecule has 1 aromatic heterocycles. The van der Waals surface area contributed by atoms with Crippen molar-refractivity contribution in [3.63, 3.8) is 0 Å². The minimum absolute atomic E-state index is 0.0301. The summed E-state index contributed by atoms with van der Waals surface area (Å²) in [6.45, 7) is 7.07. The molecule has 27 heavy (non-hydrogen) atoms. The van der Waals surface area contributed by atoms with E-state index in [9.17, 15) is 4.79 Å². The zero-order valence-corrected chi connectivity index (χ0v) is 17.4. The molecule has 5 heteroatoms. The third-order valence-corrected chi connectivity index (χ3v) is 5.34. The Hall–Kier alpha value is -2.11. The summed E-state index contributed by atoms with van der Waals surface area (Å²) in [6.07, 6.45) is 3.54. The monoisotopic (exact) mass is 385 g/mol. The Bertz CT molecular complexity index is 685. The zero-order chi connectivity index (χ0) is 19.6. The molecular formula is C22H31N3OS. The fourth-order valence-electron chi connectivity index (χ4n) is 3.06. The van der Waals surface area contributed by atoms with Gasteiger partial charge in [-0.15, -0.1) is 6.58 Å². The molecule has 1 heterocycles. The van der Waals surface area contributed by atoms with E-state index in [2.05, 4.69) is 78.9 Å². The highest BCUT2D eigenvalue weighted by Gasteiger charge is 2.21. The second-order valence-corrected chi connectivity index (χ2v) is 7.97. The molecule has 1 aromatic carbocycles. The Labute approximate surface area is 167 Å². The summed E-state index contributed by atoms with van der Waals surface area (Å²) in [4.78, 5) is 16.9. The number of rotatable bonds is 10. The summed E-state index contributed by atoms with van der Waals surface area (Å²) in [5, 5.41) is 7.34. The minimum Gasteiger partial charge on any atom is -0.335 e. The third kappa shape index (κ3) is 7.19. The first-order valence-corrected chi connectivity index (χ1v) is 10.3. The van der Waals surface area contributed by atoms with Crippen LogP contribution in [0.3, 0.4) is 0 Å². The molecule has 0 saturated heterocycles. The number of thiophene rings is 1. The summed E-state index contributed by atoms with van der Waals surface area (Å²) in [5.41, 5.74) is 2.54. The van der Waals surface area contributed by atoms with Crippen LogP contribution >= 0.6 is 11.3 Å². The summed E-state index contributed by atoms with van der Waals surface area (Å²) in [6, 6.07) is 12.8. The number of carbonyl (C=O) groups is 1. The number of likely N-dealkylation sites (N-methyl/N-ethyl adjacent to an activating group) is 1. The molecule has 1 N–H and O–H groups in total. The molecule has 0 aliphatic heterocycles. The molecule has 2 amide bonds. The number of nitrogens with one attached hydrogen (secondary N) is 1. The van der Waals surface area contributed by atoms with Crippen LogP contribution in [0, 0.1) is 0 Å². The average molecular weight is 386 g/mol. The van der Waals surface area contributed by atoms with Crippen LogP contribution in [-0.2, 0) is 12.8 Å². The van der Waals surface area contributed by atoms with Gasteiger partial charge in [-0.05, 0) is 61.8 Å². The molecule has 0 spiro atoms. The largest absolute Gasteiger partial charge is 0.335 e. The van der Waals surface area contributed by atoms with Crippen LogP contribution in [0.25, 0.3) is 0 Å². The predicted octanol–water partition coefficient (Wildman–Crippen LogP) is 4.05. The van der Waals surface area contributed by atoms with Crippen molar-refractivity contribution in [2.75, 3.05) is 27.2 Å². The van der Waals surface area contributed by atoms with Gasteiger partial charge >= 0.3 is 6.03 Å². The average Bonchev–Trinajstić information content (AvgIpc) is 3.14. The summed E-state index contributed by atoms with van der Waals surface area (Å²) in [5.74, 6) is 0. The third-order valence-electron chi connectivity index (χ3n) is 4.60. The highest BCUT2D eigenvalue weighted by Crippen LogP contribution is 2.11. The van der Waals surface area contributed by atoms with Gasteiger partial charge in [0.15, 0.2) is 0 Å². The molecule has 0 bridgehead atoms. The predicted molar refractivity (Wildman–Crippen MR) is 115 cm³/mol. The molecule has 1 unspecified atom stereocenters. The highest BCUT2D eigenvalue weighted by atomic mass is 32.1. The number of urea groups is 1. The first-order valence-electron chi connectivity index (χ1n) is 9.37. The Morgan fingerprint density at radius 1 is 1.19 bits per heavy atom. The number of carbonyl (C=O) groups excluding carboxylic acids is 1. The van der Waals surface area contributed by atoms with Crippen LogP contribution in [0.2, 0.25) is 0 Å². The standard InChI is InChI=1S/C22H31N3OS/c1-5-12-25(22(26)23-18(2)14-20-11-13-27-17-20)16-21(24(3)4)15-19-9-7-6-8-10-19/h5-11,13,17-18,21H,1,12,14-16H2,2-4H3,(H,23,26)/t18-,21?/m1/s1. The van der Waals surface area contributed by atoms with Crippen molar-refractivity contribution in [1.82, 2.24) is 15.1 Å². The van der Waals surface area contributed by atoms with E-state index < -0.39 is 0 Å². The smallest absolute Gasteiger partial charge is 0.317 e. The maximum absolute atomic E-state index is 12.8. The lowest BCUT2D eigenvalue weighted by Crippen LogP contribution is -2.50. The zero-order valence-electron chi connectivity index (χ0n) is 16.6. The fourth-order valence-corrected chi connectivity index (χ4v) is 3.74. The molecule has 2 rings (SSSR count). The molecule has 0 saturated carbocycles. The second-order valence-electron chi connectivity index (χ2n) is 7.19. The topological polar surface area (TPSA) is 35.6 Å². The van der Waals surface area contributed by atoms with Crippen molar-refractivity contribution >= 4 is 17.4 Å². The van der Waals surface area contributed by atoms with E-state index in [0.717, 1.165) is 12.8 Å². The highest BCUT2D eigenvalue weighted by molar-refractivity contribution is 7.07. The van der Waals surface area contributed by atoms with Crippen molar-refractivity contribution < 1.29 is 4.79 Å².